The largest absolute Gasteiger partial charge is 0.475 e. The van der Waals surface area contributed by atoms with Crippen molar-refractivity contribution >= 4 is 23.2 Å². The number of nitrogens with zero attached hydrogens (tertiary/aromatic N) is 1. The molecule has 29 heavy (non-hydrogen) atoms. The molecule has 5 heteroatoms. The van der Waals surface area contributed by atoms with Gasteiger partial charge in [0, 0.05) is 24.3 Å². The van der Waals surface area contributed by atoms with Crippen molar-refractivity contribution in [3.05, 3.63) is 102 Å². The smallest absolute Gasteiger partial charge is 0.372 e. The number of aliphatic carboxylic acids is 1. The van der Waals surface area contributed by atoms with Crippen LogP contribution in [-0.4, -0.2) is 22.6 Å². The van der Waals surface area contributed by atoms with Gasteiger partial charge in [0.25, 0.3) is 0 Å². The van der Waals surface area contributed by atoms with Gasteiger partial charge in [-0.25, -0.2) is 4.79 Å². The van der Waals surface area contributed by atoms with Crippen molar-refractivity contribution in [1.29, 1.82) is 0 Å². The number of carboxylic acids is 1. The molecule has 0 aliphatic carbocycles. The zero-order chi connectivity index (χ0) is 20.6. The minimum absolute atomic E-state index is 0.322. The first-order valence-corrected chi connectivity index (χ1v) is 9.25. The van der Waals surface area contributed by atoms with Crippen LogP contribution in [0.4, 0.5) is 5.69 Å². The Morgan fingerprint density at radius 3 is 1.79 bits per heavy atom. The van der Waals surface area contributed by atoms with Crippen LogP contribution in [0.15, 0.2) is 84.9 Å². The zero-order valence-corrected chi connectivity index (χ0v) is 15.8. The Hall–Kier alpha value is -3.73. The Morgan fingerprint density at radius 2 is 1.28 bits per heavy atom. The van der Waals surface area contributed by atoms with Crippen molar-refractivity contribution in [3.8, 4) is 0 Å². The Bertz CT molecular complexity index is 958. The molecule has 3 aromatic carbocycles. The molecule has 0 bridgehead atoms. The van der Waals surface area contributed by atoms with Crippen LogP contribution in [0.25, 0.3) is 0 Å². The van der Waals surface area contributed by atoms with Crippen LogP contribution in [0, 0.1) is 0 Å². The fourth-order valence-electron chi connectivity index (χ4n) is 3.05. The Balaban J connectivity index is 1.87. The van der Waals surface area contributed by atoms with E-state index in [-0.39, 0.29) is 0 Å². The predicted molar refractivity (Wildman–Crippen MR) is 111 cm³/mol. The van der Waals surface area contributed by atoms with Crippen LogP contribution in [0.1, 0.15) is 27.9 Å². The first kappa shape index (κ1) is 20.0. The lowest BCUT2D eigenvalue weighted by molar-refractivity contribution is -0.148. The standard InChI is InChI=1S/C24H21NO4/c26-22(15-23(27)24(28)29)20-12-7-13-21(14-20)25(16-18-8-3-1-4-9-18)17-19-10-5-2-6-11-19/h1-14H,15-17H2,(H,28,29). The van der Waals surface area contributed by atoms with E-state index in [1.807, 2.05) is 66.7 Å². The molecule has 5 nitrogen and oxygen atoms in total. The number of benzene rings is 3. The number of carboxylic acid groups (broad SMARTS) is 1. The predicted octanol–water partition coefficient (Wildman–Crippen LogP) is 4.12. The van der Waals surface area contributed by atoms with E-state index in [9.17, 15) is 14.4 Å². The van der Waals surface area contributed by atoms with E-state index in [0.29, 0.717) is 18.7 Å². The van der Waals surface area contributed by atoms with Crippen LogP contribution in [0.5, 0.6) is 0 Å². The summed E-state index contributed by atoms with van der Waals surface area (Å²) in [6, 6.07) is 27.0. The van der Waals surface area contributed by atoms with Crippen LogP contribution < -0.4 is 4.90 Å². The van der Waals surface area contributed by atoms with Crippen molar-refractivity contribution in [2.75, 3.05) is 4.90 Å². The van der Waals surface area contributed by atoms with E-state index in [4.69, 9.17) is 5.11 Å². The van der Waals surface area contributed by atoms with Gasteiger partial charge in [-0.05, 0) is 23.3 Å². The van der Waals surface area contributed by atoms with E-state index in [0.717, 1.165) is 16.8 Å². The summed E-state index contributed by atoms with van der Waals surface area (Å²) in [4.78, 5) is 36.6. The molecule has 0 atom stereocenters. The van der Waals surface area contributed by atoms with Crippen LogP contribution in [0.2, 0.25) is 0 Å². The minimum atomic E-state index is -1.59. The first-order chi connectivity index (χ1) is 14.0. The number of Topliss-reactive ketones (excluding diaryl/α,β-unsaturated/α-hetero) is 2. The molecule has 0 aromatic heterocycles. The summed E-state index contributed by atoms with van der Waals surface area (Å²) in [5.74, 6) is -3.20. The van der Waals surface area contributed by atoms with E-state index in [1.54, 1.807) is 18.2 Å². The minimum Gasteiger partial charge on any atom is -0.475 e. The zero-order valence-electron chi connectivity index (χ0n) is 15.8. The van der Waals surface area contributed by atoms with E-state index in [2.05, 4.69) is 4.90 Å². The Kier molecular flexibility index (Phi) is 6.53. The number of hydrogen-bond donors (Lipinski definition) is 1. The normalized spacial score (nSPS) is 10.3. The van der Waals surface area contributed by atoms with Crippen molar-refractivity contribution in [2.24, 2.45) is 0 Å². The van der Waals surface area contributed by atoms with Crippen molar-refractivity contribution in [2.45, 2.75) is 19.5 Å². The molecule has 0 heterocycles. The first-order valence-electron chi connectivity index (χ1n) is 9.25. The third kappa shape index (κ3) is 5.62. The second-order valence-corrected chi connectivity index (χ2v) is 6.71. The summed E-state index contributed by atoms with van der Waals surface area (Å²) in [6.07, 6.45) is -0.643. The number of rotatable bonds is 9. The van der Waals surface area contributed by atoms with Gasteiger partial charge in [0.2, 0.25) is 5.78 Å². The Labute approximate surface area is 169 Å². The quantitative estimate of drug-likeness (QED) is 0.340. The van der Waals surface area contributed by atoms with Gasteiger partial charge in [-0.15, -0.1) is 0 Å². The van der Waals surface area contributed by atoms with Gasteiger partial charge in [-0.1, -0.05) is 72.8 Å². The summed E-state index contributed by atoms with van der Waals surface area (Å²) < 4.78 is 0. The maximum absolute atomic E-state index is 12.3. The molecule has 0 spiro atoms. The molecule has 0 amide bonds. The van der Waals surface area contributed by atoms with E-state index in [1.165, 1.54) is 0 Å². The highest BCUT2D eigenvalue weighted by atomic mass is 16.4. The molecule has 0 radical (unpaired) electrons. The van der Waals surface area contributed by atoms with Gasteiger partial charge in [0.1, 0.15) is 0 Å². The van der Waals surface area contributed by atoms with Crippen molar-refractivity contribution < 1.29 is 19.5 Å². The Morgan fingerprint density at radius 1 is 0.724 bits per heavy atom. The molecule has 3 aromatic rings. The van der Waals surface area contributed by atoms with Crippen LogP contribution in [0.3, 0.4) is 0 Å². The van der Waals surface area contributed by atoms with Crippen molar-refractivity contribution in [1.82, 2.24) is 0 Å². The van der Waals surface area contributed by atoms with Gasteiger partial charge in [0.05, 0.1) is 6.42 Å². The number of hydrogen-bond acceptors (Lipinski definition) is 4. The molecule has 0 aliphatic heterocycles. The number of anilines is 1. The lowest BCUT2D eigenvalue weighted by Gasteiger charge is -2.26. The second-order valence-electron chi connectivity index (χ2n) is 6.71. The maximum Gasteiger partial charge on any atom is 0.372 e. The molecule has 0 fully saturated rings. The number of carbonyl (C=O) groups is 3. The topological polar surface area (TPSA) is 74.7 Å². The highest BCUT2D eigenvalue weighted by molar-refractivity contribution is 6.37. The molecule has 146 valence electrons. The third-order valence-electron chi connectivity index (χ3n) is 4.53. The lowest BCUT2D eigenvalue weighted by Crippen LogP contribution is -2.22. The number of carbonyl (C=O) groups excluding carboxylic acids is 2. The summed E-state index contributed by atoms with van der Waals surface area (Å²) in [5, 5.41) is 8.74. The molecule has 0 unspecified atom stereocenters. The molecular formula is C24H21NO4. The van der Waals surface area contributed by atoms with Gasteiger partial charge < -0.3 is 10.0 Å². The SMILES string of the molecule is O=C(O)C(=O)CC(=O)c1cccc(N(Cc2ccccc2)Cc2ccccc2)c1. The molecule has 0 saturated heterocycles. The molecule has 0 saturated carbocycles. The van der Waals surface area contributed by atoms with E-state index < -0.39 is 24.0 Å². The summed E-state index contributed by atoms with van der Waals surface area (Å²) in [7, 11) is 0. The summed E-state index contributed by atoms with van der Waals surface area (Å²) in [6.45, 7) is 1.28. The monoisotopic (exact) mass is 387 g/mol. The highest BCUT2D eigenvalue weighted by Gasteiger charge is 2.19. The molecule has 0 aliphatic rings. The summed E-state index contributed by atoms with van der Waals surface area (Å²) >= 11 is 0. The fourth-order valence-corrected chi connectivity index (χ4v) is 3.05. The maximum atomic E-state index is 12.3. The highest BCUT2D eigenvalue weighted by Crippen LogP contribution is 2.22. The number of ketones is 2. The van der Waals surface area contributed by atoms with Gasteiger partial charge in [0.15, 0.2) is 5.78 Å². The third-order valence-corrected chi connectivity index (χ3v) is 4.53. The summed E-state index contributed by atoms with van der Waals surface area (Å²) in [5.41, 5.74) is 3.40. The van der Waals surface area contributed by atoms with Crippen LogP contribution >= 0.6 is 0 Å². The second kappa shape index (κ2) is 9.46. The van der Waals surface area contributed by atoms with Gasteiger partial charge >= 0.3 is 5.97 Å². The average molecular weight is 387 g/mol. The van der Waals surface area contributed by atoms with Gasteiger partial charge in [-0.3, -0.25) is 9.59 Å². The lowest BCUT2D eigenvalue weighted by atomic mass is 10.0. The molecule has 3 rings (SSSR count). The molecular weight excluding hydrogens is 366 g/mol. The van der Waals surface area contributed by atoms with E-state index >= 15 is 0 Å². The van der Waals surface area contributed by atoms with Crippen molar-refractivity contribution in [3.63, 3.8) is 0 Å². The van der Waals surface area contributed by atoms with Crippen LogP contribution in [-0.2, 0) is 22.7 Å². The molecule has 1 N–H and O–H groups in total. The average Bonchev–Trinajstić information content (AvgIpc) is 2.74. The van der Waals surface area contributed by atoms with Gasteiger partial charge in [-0.2, -0.15) is 0 Å². The fraction of sp³-hybridized carbons (Fsp3) is 0.125.